The Morgan fingerprint density at radius 1 is 0.675 bits per heavy atom. The summed E-state index contributed by atoms with van der Waals surface area (Å²) in [4.78, 5) is 0. The van der Waals surface area contributed by atoms with Crippen molar-refractivity contribution in [3.8, 4) is 17.2 Å². The third kappa shape index (κ3) is 15.8. The van der Waals surface area contributed by atoms with Gasteiger partial charge in [-0.2, -0.15) is 6.08 Å². The van der Waals surface area contributed by atoms with Crippen molar-refractivity contribution >= 4 is 0 Å². The molecular weight excluding hydrogens is 528 g/mol. The van der Waals surface area contributed by atoms with Crippen molar-refractivity contribution in [2.75, 3.05) is 0 Å². The van der Waals surface area contributed by atoms with E-state index in [4.69, 9.17) is 0 Å². The van der Waals surface area contributed by atoms with E-state index < -0.39 is 0 Å². The predicted octanol–water partition coefficient (Wildman–Crippen LogP) is 7.33. The van der Waals surface area contributed by atoms with Gasteiger partial charge in [-0.1, -0.05) is 134 Å². The van der Waals surface area contributed by atoms with Gasteiger partial charge in [0.15, 0.2) is 0 Å². The standard InChI is InChI=1S/3C9H10O.C9H13.Ti/c3*1-2-5-8-6-3-4-7-9(8)10;1-2-3-6-9-7-4-5-8-9;/h3*2-4,6-7,10H,1,5H2;4,7H,2-3,5-6H2,1H3;/q;;;-1;+4/p-3. The molecule has 3 aromatic rings. The molecule has 0 amide bonds. The summed E-state index contributed by atoms with van der Waals surface area (Å²) in [6, 6.07) is 21.0. The average molecular weight is 569 g/mol. The van der Waals surface area contributed by atoms with E-state index >= 15 is 0 Å². The zero-order chi connectivity index (χ0) is 28.7. The van der Waals surface area contributed by atoms with Crippen LogP contribution in [0.15, 0.2) is 128 Å². The van der Waals surface area contributed by atoms with E-state index in [1.165, 1.54) is 24.8 Å². The minimum Gasteiger partial charge on any atom is -0.872 e. The van der Waals surface area contributed by atoms with Gasteiger partial charge in [-0.05, 0) is 19.3 Å². The second-order valence-corrected chi connectivity index (χ2v) is 8.71. The van der Waals surface area contributed by atoms with Crippen molar-refractivity contribution in [2.45, 2.75) is 51.9 Å². The van der Waals surface area contributed by atoms with Crippen molar-refractivity contribution < 1.29 is 37.0 Å². The van der Waals surface area contributed by atoms with E-state index in [9.17, 15) is 15.3 Å². The first-order valence-electron chi connectivity index (χ1n) is 13.3. The Hall–Kier alpha value is -3.53. The van der Waals surface area contributed by atoms with Gasteiger partial charge in [0.05, 0.1) is 0 Å². The molecule has 4 heteroatoms. The largest absolute Gasteiger partial charge is 4.00 e. The summed E-state index contributed by atoms with van der Waals surface area (Å²) in [6.07, 6.45) is 19.7. The molecule has 3 aromatic carbocycles. The Labute approximate surface area is 256 Å². The van der Waals surface area contributed by atoms with Crippen LogP contribution in [0, 0.1) is 6.08 Å². The molecule has 0 N–H and O–H groups in total. The molecule has 3 nitrogen and oxygen atoms in total. The van der Waals surface area contributed by atoms with E-state index in [1.807, 2.05) is 36.4 Å². The smallest absolute Gasteiger partial charge is 0.872 e. The fourth-order valence-corrected chi connectivity index (χ4v) is 3.47. The van der Waals surface area contributed by atoms with Crippen LogP contribution in [0.2, 0.25) is 0 Å². The van der Waals surface area contributed by atoms with Gasteiger partial charge >= 0.3 is 21.7 Å². The molecule has 0 atom stereocenters. The van der Waals surface area contributed by atoms with Gasteiger partial charge in [0, 0.05) is 0 Å². The Balaban J connectivity index is 0.000000503. The third-order valence-corrected chi connectivity index (χ3v) is 5.58. The first-order valence-corrected chi connectivity index (χ1v) is 13.3. The van der Waals surface area contributed by atoms with Gasteiger partial charge in [0.1, 0.15) is 0 Å². The van der Waals surface area contributed by atoms with Gasteiger partial charge < -0.3 is 15.3 Å². The summed E-state index contributed by atoms with van der Waals surface area (Å²) in [5.74, 6) is 0.298. The Morgan fingerprint density at radius 3 is 1.32 bits per heavy atom. The topological polar surface area (TPSA) is 69.2 Å². The zero-order valence-electron chi connectivity index (χ0n) is 23.6. The fourth-order valence-electron chi connectivity index (χ4n) is 3.47. The predicted molar refractivity (Wildman–Crippen MR) is 159 cm³/mol. The van der Waals surface area contributed by atoms with Crippen molar-refractivity contribution in [3.63, 3.8) is 0 Å². The van der Waals surface area contributed by atoms with Crippen LogP contribution in [0.5, 0.6) is 17.2 Å². The Bertz CT molecular complexity index is 1070. The fraction of sp³-hybridized carbons (Fsp3) is 0.222. The van der Waals surface area contributed by atoms with E-state index in [0.29, 0.717) is 19.3 Å². The number of allylic oxidation sites excluding steroid dienone is 7. The molecule has 0 aromatic heterocycles. The zero-order valence-corrected chi connectivity index (χ0v) is 25.2. The normalized spacial score (nSPS) is 10.6. The van der Waals surface area contributed by atoms with Crippen LogP contribution in [0.25, 0.3) is 0 Å². The molecule has 1 aliphatic carbocycles. The SMILES string of the molecule is C=CCc1ccccc1[O-].C=CCc1ccccc1[O-].C=CCc1ccccc1[O-].CCCCC1=[C-]CC=C1.[Ti+4]. The van der Waals surface area contributed by atoms with E-state index in [-0.39, 0.29) is 39.0 Å². The third-order valence-electron chi connectivity index (χ3n) is 5.58. The summed E-state index contributed by atoms with van der Waals surface area (Å²) in [5, 5.41) is 32.9. The number of hydrogen-bond acceptors (Lipinski definition) is 3. The van der Waals surface area contributed by atoms with Crippen molar-refractivity contribution in [1.29, 1.82) is 0 Å². The number of rotatable bonds is 9. The monoisotopic (exact) mass is 568 g/mol. The maximum Gasteiger partial charge on any atom is 4.00 e. The van der Waals surface area contributed by atoms with Gasteiger partial charge in [-0.3, -0.25) is 6.08 Å². The average Bonchev–Trinajstić information content (AvgIpc) is 3.47. The van der Waals surface area contributed by atoms with Gasteiger partial charge in [0.2, 0.25) is 0 Å². The van der Waals surface area contributed by atoms with E-state index in [2.05, 4.69) is 44.9 Å². The van der Waals surface area contributed by atoms with E-state index in [1.54, 1.807) is 54.6 Å². The molecule has 0 radical (unpaired) electrons. The molecule has 0 aliphatic heterocycles. The minimum atomic E-state index is 0. The molecule has 4 rings (SSSR count). The van der Waals surface area contributed by atoms with Gasteiger partial charge in [-0.15, -0.1) is 43.4 Å². The summed E-state index contributed by atoms with van der Waals surface area (Å²) in [5.41, 5.74) is 3.87. The van der Waals surface area contributed by atoms with Gasteiger partial charge in [0.25, 0.3) is 0 Å². The maximum absolute atomic E-state index is 11.0. The molecular formula is C36H40O3Ti. The maximum atomic E-state index is 11.0. The Kier molecular flexibility index (Phi) is 21.3. The second kappa shape index (κ2) is 23.4. The van der Waals surface area contributed by atoms with E-state index in [0.717, 1.165) is 23.1 Å². The number of para-hydroxylation sites is 3. The summed E-state index contributed by atoms with van der Waals surface area (Å²) >= 11 is 0. The van der Waals surface area contributed by atoms with Crippen LogP contribution in [-0.4, -0.2) is 0 Å². The quantitative estimate of drug-likeness (QED) is 0.154. The van der Waals surface area contributed by atoms with Crippen LogP contribution >= 0.6 is 0 Å². The second-order valence-electron chi connectivity index (χ2n) is 8.71. The van der Waals surface area contributed by atoms with Crippen LogP contribution < -0.4 is 15.3 Å². The van der Waals surface area contributed by atoms with Crippen LogP contribution in [0.4, 0.5) is 0 Å². The molecule has 0 saturated carbocycles. The first kappa shape index (κ1) is 36.5. The molecule has 206 valence electrons. The molecule has 0 saturated heterocycles. The molecule has 40 heavy (non-hydrogen) atoms. The number of hydrogen-bond donors (Lipinski definition) is 0. The molecule has 1 aliphatic rings. The molecule has 0 heterocycles. The van der Waals surface area contributed by atoms with Crippen LogP contribution in [0.1, 0.15) is 49.3 Å². The molecule has 0 bridgehead atoms. The number of unbranched alkanes of at least 4 members (excludes halogenated alkanes) is 1. The minimum absolute atomic E-state index is 0. The molecule has 0 unspecified atom stereocenters. The Morgan fingerprint density at radius 2 is 1.05 bits per heavy atom. The van der Waals surface area contributed by atoms with Crippen molar-refractivity contribution in [1.82, 2.24) is 0 Å². The van der Waals surface area contributed by atoms with Gasteiger partial charge in [-0.25, -0.2) is 11.6 Å². The number of benzene rings is 3. The molecule has 0 fully saturated rings. The molecule has 0 spiro atoms. The van der Waals surface area contributed by atoms with Crippen molar-refractivity contribution in [3.05, 3.63) is 151 Å². The first-order chi connectivity index (χ1) is 19.0. The summed E-state index contributed by atoms with van der Waals surface area (Å²) in [7, 11) is 0. The summed E-state index contributed by atoms with van der Waals surface area (Å²) < 4.78 is 0. The summed E-state index contributed by atoms with van der Waals surface area (Å²) in [6.45, 7) is 12.9. The van der Waals surface area contributed by atoms with Crippen molar-refractivity contribution in [2.24, 2.45) is 0 Å². The van der Waals surface area contributed by atoms with Crippen LogP contribution in [0.3, 0.4) is 0 Å². The van der Waals surface area contributed by atoms with Crippen LogP contribution in [-0.2, 0) is 41.0 Å².